The first-order valence-corrected chi connectivity index (χ1v) is 6.81. The van der Waals surface area contributed by atoms with Crippen LogP contribution in [-0.2, 0) is 4.74 Å². The summed E-state index contributed by atoms with van der Waals surface area (Å²) in [4.78, 5) is 4.47. The van der Waals surface area contributed by atoms with Crippen LogP contribution in [0.4, 0.5) is 0 Å². The molecule has 110 valence electrons. The number of hydrogen-bond donors (Lipinski definition) is 2. The third-order valence-corrected chi connectivity index (χ3v) is 3.89. The first-order valence-electron chi connectivity index (χ1n) is 6.81. The third kappa shape index (κ3) is 4.63. The summed E-state index contributed by atoms with van der Waals surface area (Å²) < 4.78 is 5.88. The maximum absolute atomic E-state index is 5.88. The summed E-state index contributed by atoms with van der Waals surface area (Å²) in [6.07, 6.45) is 4.10. The Labute approximate surface area is 133 Å². The van der Waals surface area contributed by atoms with Crippen LogP contribution in [0.5, 0.6) is 0 Å². The van der Waals surface area contributed by atoms with Gasteiger partial charge < -0.3 is 15.8 Å². The van der Waals surface area contributed by atoms with Gasteiger partial charge in [0.05, 0.1) is 12.6 Å². The maximum Gasteiger partial charge on any atom is 0.188 e. The fourth-order valence-corrected chi connectivity index (χ4v) is 2.60. The Balaban J connectivity index is 0.00000180. The highest BCUT2D eigenvalue weighted by Gasteiger charge is 2.47. The second-order valence-electron chi connectivity index (χ2n) is 6.04. The second kappa shape index (κ2) is 6.92. The lowest BCUT2D eigenvalue weighted by molar-refractivity contribution is 0.0425. The van der Waals surface area contributed by atoms with Crippen LogP contribution in [0, 0.1) is 11.3 Å². The molecule has 3 N–H and O–H groups in total. The van der Waals surface area contributed by atoms with E-state index in [2.05, 4.69) is 23.8 Å². The monoisotopic (exact) mass is 379 g/mol. The van der Waals surface area contributed by atoms with Gasteiger partial charge >= 0.3 is 0 Å². The number of halogens is 1. The number of aliphatic imine (C=N–C) groups is 1. The van der Waals surface area contributed by atoms with Crippen molar-refractivity contribution in [1.29, 1.82) is 0 Å². The lowest BCUT2D eigenvalue weighted by atomic mass is 9.81. The Hall–Kier alpha value is -0.300. The normalized spacial score (nSPS) is 30.8. The minimum atomic E-state index is 0. The standard InChI is InChI=1S/C14H25N3O.HI/c1-10(2)8-16-13(15)17-9-14(3)6-7-18-12(14)11-4-5-11;/h11-12H,1,4-9H2,2-3H3,(H3,15,16,17);1H. The number of nitrogens with two attached hydrogens (primary N) is 1. The summed E-state index contributed by atoms with van der Waals surface area (Å²) in [5.41, 5.74) is 7.07. The molecule has 2 aliphatic rings. The fourth-order valence-electron chi connectivity index (χ4n) is 2.60. The molecule has 1 heterocycles. The maximum atomic E-state index is 5.88. The molecule has 0 bridgehead atoms. The predicted octanol–water partition coefficient (Wildman–Crippen LogP) is 2.29. The van der Waals surface area contributed by atoms with Crippen LogP contribution in [0.25, 0.3) is 0 Å². The van der Waals surface area contributed by atoms with Gasteiger partial charge in [-0.15, -0.1) is 24.0 Å². The summed E-state index contributed by atoms with van der Waals surface area (Å²) in [6.45, 7) is 10.4. The van der Waals surface area contributed by atoms with Gasteiger partial charge in [0.2, 0.25) is 0 Å². The Bertz CT molecular complexity index is 355. The SMILES string of the molecule is C=C(C)CNC(N)=NCC1(C)CCOC1C1CC1.I. The first kappa shape index (κ1) is 16.8. The topological polar surface area (TPSA) is 59.6 Å². The molecular formula is C14H26IN3O. The van der Waals surface area contributed by atoms with Crippen LogP contribution < -0.4 is 11.1 Å². The van der Waals surface area contributed by atoms with E-state index in [1.54, 1.807) is 0 Å². The van der Waals surface area contributed by atoms with E-state index in [1.165, 1.54) is 12.8 Å². The molecular weight excluding hydrogens is 353 g/mol. The molecule has 0 aromatic carbocycles. The predicted molar refractivity (Wildman–Crippen MR) is 89.9 cm³/mol. The zero-order valence-electron chi connectivity index (χ0n) is 11.9. The van der Waals surface area contributed by atoms with Crippen LogP contribution in [0.1, 0.15) is 33.1 Å². The molecule has 1 saturated heterocycles. The number of guanidine groups is 1. The van der Waals surface area contributed by atoms with Crippen molar-refractivity contribution in [3.8, 4) is 0 Å². The molecule has 2 unspecified atom stereocenters. The van der Waals surface area contributed by atoms with Gasteiger partial charge in [0.15, 0.2) is 5.96 Å². The van der Waals surface area contributed by atoms with Crippen molar-refractivity contribution >= 4 is 29.9 Å². The molecule has 4 nitrogen and oxygen atoms in total. The molecule has 0 amide bonds. The van der Waals surface area contributed by atoms with E-state index in [-0.39, 0.29) is 29.4 Å². The highest BCUT2D eigenvalue weighted by molar-refractivity contribution is 14.0. The summed E-state index contributed by atoms with van der Waals surface area (Å²) >= 11 is 0. The number of hydrogen-bond acceptors (Lipinski definition) is 2. The summed E-state index contributed by atoms with van der Waals surface area (Å²) in [6, 6.07) is 0. The molecule has 5 heteroatoms. The van der Waals surface area contributed by atoms with Crippen molar-refractivity contribution in [3.05, 3.63) is 12.2 Å². The molecule has 1 saturated carbocycles. The van der Waals surface area contributed by atoms with Gasteiger partial charge in [-0.3, -0.25) is 4.99 Å². The second-order valence-corrected chi connectivity index (χ2v) is 6.04. The highest BCUT2D eigenvalue weighted by Crippen LogP contribution is 2.47. The molecule has 2 rings (SSSR count). The molecule has 0 radical (unpaired) electrons. The largest absolute Gasteiger partial charge is 0.377 e. The minimum Gasteiger partial charge on any atom is -0.377 e. The van der Waals surface area contributed by atoms with Crippen molar-refractivity contribution in [1.82, 2.24) is 5.32 Å². The molecule has 1 aliphatic heterocycles. The highest BCUT2D eigenvalue weighted by atomic mass is 127. The quantitative estimate of drug-likeness (QED) is 0.334. The Morgan fingerprint density at radius 2 is 2.21 bits per heavy atom. The van der Waals surface area contributed by atoms with Gasteiger partial charge in [0.25, 0.3) is 0 Å². The lowest BCUT2D eigenvalue weighted by Gasteiger charge is -2.28. The van der Waals surface area contributed by atoms with Crippen molar-refractivity contribution < 1.29 is 4.74 Å². The number of nitrogens with one attached hydrogen (secondary N) is 1. The smallest absolute Gasteiger partial charge is 0.188 e. The van der Waals surface area contributed by atoms with Crippen LogP contribution in [0.2, 0.25) is 0 Å². The van der Waals surface area contributed by atoms with Gasteiger partial charge in [-0.1, -0.05) is 19.1 Å². The van der Waals surface area contributed by atoms with Gasteiger partial charge in [0, 0.05) is 18.6 Å². The third-order valence-electron chi connectivity index (χ3n) is 3.89. The zero-order chi connectivity index (χ0) is 13.2. The van der Waals surface area contributed by atoms with Crippen molar-refractivity contribution in [3.63, 3.8) is 0 Å². The van der Waals surface area contributed by atoms with E-state index >= 15 is 0 Å². The summed E-state index contributed by atoms with van der Waals surface area (Å²) in [7, 11) is 0. The van der Waals surface area contributed by atoms with E-state index in [9.17, 15) is 0 Å². The Kier molecular flexibility index (Phi) is 6.11. The van der Waals surface area contributed by atoms with Crippen molar-refractivity contribution in [2.45, 2.75) is 39.2 Å². The van der Waals surface area contributed by atoms with Gasteiger partial charge in [0.1, 0.15) is 0 Å². The molecule has 2 atom stereocenters. The molecule has 0 spiro atoms. The van der Waals surface area contributed by atoms with Crippen molar-refractivity contribution in [2.24, 2.45) is 22.1 Å². The van der Waals surface area contributed by atoms with Crippen LogP contribution in [0.15, 0.2) is 17.1 Å². The molecule has 19 heavy (non-hydrogen) atoms. The Morgan fingerprint density at radius 1 is 1.53 bits per heavy atom. The number of rotatable bonds is 5. The number of ether oxygens (including phenoxy) is 1. The van der Waals surface area contributed by atoms with Crippen LogP contribution in [-0.4, -0.2) is 31.8 Å². The molecule has 1 aliphatic carbocycles. The van der Waals surface area contributed by atoms with E-state index in [0.29, 0.717) is 18.6 Å². The van der Waals surface area contributed by atoms with E-state index in [1.807, 2.05) is 6.92 Å². The molecule has 2 fully saturated rings. The average molecular weight is 379 g/mol. The molecule has 0 aromatic heterocycles. The van der Waals surface area contributed by atoms with Crippen molar-refractivity contribution in [2.75, 3.05) is 19.7 Å². The van der Waals surface area contributed by atoms with Crippen LogP contribution >= 0.6 is 24.0 Å². The number of nitrogens with zero attached hydrogens (tertiary/aromatic N) is 1. The first-order chi connectivity index (χ1) is 8.51. The summed E-state index contributed by atoms with van der Waals surface area (Å²) in [5.74, 6) is 1.28. The molecule has 0 aromatic rings. The van der Waals surface area contributed by atoms with E-state index in [4.69, 9.17) is 10.5 Å². The van der Waals surface area contributed by atoms with E-state index in [0.717, 1.165) is 31.1 Å². The fraction of sp³-hybridized carbons (Fsp3) is 0.786. The van der Waals surface area contributed by atoms with Gasteiger partial charge in [-0.2, -0.15) is 0 Å². The summed E-state index contributed by atoms with van der Waals surface area (Å²) in [5, 5.41) is 3.07. The average Bonchev–Trinajstić information content (AvgIpc) is 3.08. The van der Waals surface area contributed by atoms with Crippen LogP contribution in [0.3, 0.4) is 0 Å². The van der Waals surface area contributed by atoms with Gasteiger partial charge in [-0.05, 0) is 32.1 Å². The lowest BCUT2D eigenvalue weighted by Crippen LogP contribution is -2.37. The van der Waals surface area contributed by atoms with E-state index < -0.39 is 0 Å². The Morgan fingerprint density at radius 3 is 2.79 bits per heavy atom. The minimum absolute atomic E-state index is 0. The zero-order valence-corrected chi connectivity index (χ0v) is 14.3. The van der Waals surface area contributed by atoms with Gasteiger partial charge in [-0.25, -0.2) is 0 Å².